The Hall–Kier alpha value is -1.62. The molecule has 2 N–H and O–H groups in total. The van der Waals surface area contributed by atoms with E-state index in [9.17, 15) is 9.59 Å². The highest BCUT2D eigenvalue weighted by molar-refractivity contribution is 5.93. The zero-order chi connectivity index (χ0) is 12.8. The van der Waals surface area contributed by atoms with Crippen molar-refractivity contribution in [2.75, 3.05) is 13.2 Å². The third kappa shape index (κ3) is 3.70. The highest BCUT2D eigenvalue weighted by atomic mass is 16.5. The van der Waals surface area contributed by atoms with Crippen molar-refractivity contribution in [3.63, 3.8) is 0 Å². The number of aromatic amines is 1. The van der Waals surface area contributed by atoms with Gasteiger partial charge in [-0.1, -0.05) is 0 Å². The molecule has 1 aromatic heterocycles. The molecular weight excluding hydrogens is 232 g/mol. The molecule has 1 aliphatic rings. The average molecular weight is 250 g/mol. The molecule has 0 aliphatic carbocycles. The van der Waals surface area contributed by atoms with Gasteiger partial charge in [-0.15, -0.1) is 0 Å². The molecule has 0 spiro atoms. The summed E-state index contributed by atoms with van der Waals surface area (Å²) in [7, 11) is 0. The standard InChI is InChI=1S/C13H18N2O3/c16-12-5-4-10(9-15-12)13(17)14-7-6-11-3-1-2-8-18-11/h4-5,9,11H,1-3,6-8H2,(H,14,17)(H,15,16). The quantitative estimate of drug-likeness (QED) is 0.839. The lowest BCUT2D eigenvalue weighted by molar-refractivity contribution is 0.0117. The van der Waals surface area contributed by atoms with Gasteiger partial charge in [-0.3, -0.25) is 9.59 Å². The number of H-pyrrole nitrogens is 1. The van der Waals surface area contributed by atoms with Crippen LogP contribution in [0.15, 0.2) is 23.1 Å². The van der Waals surface area contributed by atoms with Crippen LogP contribution in [0.25, 0.3) is 0 Å². The summed E-state index contributed by atoms with van der Waals surface area (Å²) in [5.74, 6) is -0.165. The van der Waals surface area contributed by atoms with Gasteiger partial charge in [0.05, 0.1) is 11.7 Å². The fourth-order valence-corrected chi connectivity index (χ4v) is 2.04. The Bertz CT molecular complexity index is 429. The summed E-state index contributed by atoms with van der Waals surface area (Å²) in [5, 5.41) is 2.82. The van der Waals surface area contributed by atoms with Crippen LogP contribution in [-0.4, -0.2) is 30.1 Å². The number of hydrogen-bond acceptors (Lipinski definition) is 3. The molecule has 0 saturated carbocycles. The smallest absolute Gasteiger partial charge is 0.252 e. The topological polar surface area (TPSA) is 71.2 Å². The van der Waals surface area contributed by atoms with Crippen molar-refractivity contribution in [3.05, 3.63) is 34.2 Å². The zero-order valence-electron chi connectivity index (χ0n) is 10.3. The van der Waals surface area contributed by atoms with Gasteiger partial charge in [-0.2, -0.15) is 0 Å². The molecule has 18 heavy (non-hydrogen) atoms. The molecule has 5 nitrogen and oxygen atoms in total. The lowest BCUT2D eigenvalue weighted by atomic mass is 10.1. The van der Waals surface area contributed by atoms with Crippen LogP contribution in [0.1, 0.15) is 36.0 Å². The van der Waals surface area contributed by atoms with Crippen LogP contribution in [0, 0.1) is 0 Å². The van der Waals surface area contributed by atoms with E-state index in [1.165, 1.54) is 24.8 Å². The molecule has 1 atom stereocenters. The van der Waals surface area contributed by atoms with Gasteiger partial charge in [0.2, 0.25) is 5.56 Å². The summed E-state index contributed by atoms with van der Waals surface area (Å²) < 4.78 is 5.58. The van der Waals surface area contributed by atoms with Gasteiger partial charge in [0.25, 0.3) is 5.91 Å². The second-order valence-corrected chi connectivity index (χ2v) is 4.47. The number of amides is 1. The fourth-order valence-electron chi connectivity index (χ4n) is 2.04. The van der Waals surface area contributed by atoms with Gasteiger partial charge in [0, 0.05) is 25.4 Å². The lowest BCUT2D eigenvalue weighted by Gasteiger charge is -2.22. The van der Waals surface area contributed by atoms with E-state index in [4.69, 9.17) is 4.74 Å². The molecule has 5 heteroatoms. The maximum absolute atomic E-state index is 11.7. The van der Waals surface area contributed by atoms with Crippen LogP contribution < -0.4 is 10.9 Å². The van der Waals surface area contributed by atoms with Crippen LogP contribution in [-0.2, 0) is 4.74 Å². The number of carbonyl (C=O) groups is 1. The van der Waals surface area contributed by atoms with Crippen LogP contribution in [0.5, 0.6) is 0 Å². The number of ether oxygens (including phenoxy) is 1. The summed E-state index contributed by atoms with van der Waals surface area (Å²) in [6.07, 6.45) is 5.96. The minimum absolute atomic E-state index is 0.165. The molecule has 2 rings (SSSR count). The molecule has 1 fully saturated rings. The molecule has 1 saturated heterocycles. The minimum Gasteiger partial charge on any atom is -0.378 e. The Morgan fingerprint density at radius 2 is 2.33 bits per heavy atom. The zero-order valence-corrected chi connectivity index (χ0v) is 10.3. The summed E-state index contributed by atoms with van der Waals surface area (Å²) >= 11 is 0. The summed E-state index contributed by atoms with van der Waals surface area (Å²) in [5.41, 5.74) is 0.265. The molecule has 2 heterocycles. The van der Waals surface area contributed by atoms with Crippen LogP contribution in [0.4, 0.5) is 0 Å². The predicted molar refractivity (Wildman–Crippen MR) is 67.6 cm³/mol. The average Bonchev–Trinajstić information content (AvgIpc) is 2.40. The van der Waals surface area contributed by atoms with Gasteiger partial charge in [-0.05, 0) is 31.7 Å². The number of pyridine rings is 1. The summed E-state index contributed by atoms with van der Waals surface area (Å²) in [6.45, 7) is 1.43. The molecule has 1 aromatic rings. The molecule has 0 radical (unpaired) electrons. The maximum Gasteiger partial charge on any atom is 0.252 e. The van der Waals surface area contributed by atoms with E-state index in [0.717, 1.165) is 25.9 Å². The lowest BCUT2D eigenvalue weighted by Crippen LogP contribution is -2.29. The number of rotatable bonds is 4. The van der Waals surface area contributed by atoms with Crippen LogP contribution in [0.3, 0.4) is 0 Å². The van der Waals surface area contributed by atoms with Gasteiger partial charge < -0.3 is 15.0 Å². The third-order valence-corrected chi connectivity index (χ3v) is 3.07. The van der Waals surface area contributed by atoms with Crippen molar-refractivity contribution in [1.29, 1.82) is 0 Å². The van der Waals surface area contributed by atoms with Crippen LogP contribution >= 0.6 is 0 Å². The molecule has 1 amide bonds. The number of hydrogen-bond donors (Lipinski definition) is 2. The van der Waals surface area contributed by atoms with E-state index in [2.05, 4.69) is 10.3 Å². The van der Waals surface area contributed by atoms with Crippen LogP contribution in [0.2, 0.25) is 0 Å². The summed E-state index contributed by atoms with van der Waals surface area (Å²) in [6, 6.07) is 2.87. The first-order valence-electron chi connectivity index (χ1n) is 6.34. The van der Waals surface area contributed by atoms with E-state index in [1.807, 2.05) is 0 Å². The Morgan fingerprint density at radius 1 is 1.44 bits per heavy atom. The Balaban J connectivity index is 1.74. The Labute approximate surface area is 106 Å². The van der Waals surface area contributed by atoms with E-state index >= 15 is 0 Å². The van der Waals surface area contributed by atoms with Gasteiger partial charge in [0.1, 0.15) is 0 Å². The minimum atomic E-state index is -0.206. The SMILES string of the molecule is O=C(NCCC1CCCCO1)c1ccc(=O)[nH]c1. The van der Waals surface area contributed by atoms with Crippen molar-refractivity contribution in [2.45, 2.75) is 31.8 Å². The molecule has 0 aromatic carbocycles. The first-order chi connectivity index (χ1) is 8.75. The second-order valence-electron chi connectivity index (χ2n) is 4.47. The normalized spacial score (nSPS) is 19.4. The fraction of sp³-hybridized carbons (Fsp3) is 0.538. The molecule has 1 unspecified atom stereocenters. The van der Waals surface area contributed by atoms with Crippen molar-refractivity contribution < 1.29 is 9.53 Å². The van der Waals surface area contributed by atoms with E-state index < -0.39 is 0 Å². The largest absolute Gasteiger partial charge is 0.378 e. The van der Waals surface area contributed by atoms with E-state index in [1.54, 1.807) is 0 Å². The van der Waals surface area contributed by atoms with Crippen molar-refractivity contribution in [1.82, 2.24) is 10.3 Å². The molecule has 0 bridgehead atoms. The van der Waals surface area contributed by atoms with Crippen molar-refractivity contribution >= 4 is 5.91 Å². The molecule has 98 valence electrons. The first kappa shape index (κ1) is 12.8. The predicted octanol–water partition coefficient (Wildman–Crippen LogP) is 1.06. The Kier molecular flexibility index (Phi) is 4.52. The van der Waals surface area contributed by atoms with Crippen molar-refractivity contribution in [3.8, 4) is 0 Å². The Morgan fingerprint density at radius 3 is 3.00 bits per heavy atom. The van der Waals surface area contributed by atoms with Gasteiger partial charge in [-0.25, -0.2) is 0 Å². The highest BCUT2D eigenvalue weighted by Crippen LogP contribution is 2.14. The number of aromatic nitrogens is 1. The van der Waals surface area contributed by atoms with Crippen molar-refractivity contribution in [2.24, 2.45) is 0 Å². The van der Waals surface area contributed by atoms with Gasteiger partial charge in [0.15, 0.2) is 0 Å². The highest BCUT2D eigenvalue weighted by Gasteiger charge is 2.13. The van der Waals surface area contributed by atoms with E-state index in [-0.39, 0.29) is 17.6 Å². The number of nitrogens with one attached hydrogen (secondary N) is 2. The summed E-state index contributed by atoms with van der Waals surface area (Å²) in [4.78, 5) is 25.1. The third-order valence-electron chi connectivity index (χ3n) is 3.07. The molecular formula is C13H18N2O3. The first-order valence-corrected chi connectivity index (χ1v) is 6.34. The monoisotopic (exact) mass is 250 g/mol. The molecule has 1 aliphatic heterocycles. The maximum atomic E-state index is 11.7. The van der Waals surface area contributed by atoms with Gasteiger partial charge >= 0.3 is 0 Å². The second kappa shape index (κ2) is 6.35. The van der Waals surface area contributed by atoms with E-state index in [0.29, 0.717) is 12.1 Å². The number of carbonyl (C=O) groups excluding carboxylic acids is 1.